The third-order valence-corrected chi connectivity index (χ3v) is 4.72. The molecule has 1 atom stereocenters. The van der Waals surface area contributed by atoms with Crippen molar-refractivity contribution in [3.05, 3.63) is 53.6 Å². The lowest BCUT2D eigenvalue weighted by molar-refractivity contribution is 0.340. The van der Waals surface area contributed by atoms with E-state index in [-0.39, 0.29) is 0 Å². The molecule has 0 saturated carbocycles. The summed E-state index contributed by atoms with van der Waals surface area (Å²) >= 11 is 1.93. The molecule has 0 saturated heterocycles. The Morgan fingerprint density at radius 3 is 2.90 bits per heavy atom. The zero-order valence-corrected chi connectivity index (χ0v) is 12.7. The zero-order chi connectivity index (χ0) is 13.9. The first-order valence-electron chi connectivity index (χ1n) is 6.99. The van der Waals surface area contributed by atoms with Crippen molar-refractivity contribution in [2.75, 3.05) is 17.7 Å². The summed E-state index contributed by atoms with van der Waals surface area (Å²) in [7, 11) is 0. The maximum Gasteiger partial charge on any atom is 0.119 e. The molecule has 1 heterocycles. The van der Waals surface area contributed by atoms with E-state index >= 15 is 0 Å². The van der Waals surface area contributed by atoms with Crippen molar-refractivity contribution in [2.45, 2.75) is 24.8 Å². The molecule has 1 N–H and O–H groups in total. The van der Waals surface area contributed by atoms with Gasteiger partial charge in [0, 0.05) is 16.3 Å². The molecule has 1 unspecified atom stereocenters. The second kappa shape index (κ2) is 5.80. The van der Waals surface area contributed by atoms with Crippen LogP contribution in [0.5, 0.6) is 5.75 Å². The molecule has 0 amide bonds. The molecule has 2 aromatic carbocycles. The lowest BCUT2D eigenvalue weighted by atomic mass is 10.1. The highest BCUT2D eigenvalue weighted by atomic mass is 32.2. The van der Waals surface area contributed by atoms with E-state index in [4.69, 9.17) is 4.74 Å². The summed E-state index contributed by atoms with van der Waals surface area (Å²) in [6, 6.07) is 15.3. The fourth-order valence-corrected chi connectivity index (χ4v) is 3.69. The Hall–Kier alpha value is -1.61. The smallest absolute Gasteiger partial charge is 0.119 e. The Kier molecular flexibility index (Phi) is 3.88. The predicted octanol–water partition coefficient (Wildman–Crippen LogP) is 4.65. The van der Waals surface area contributed by atoms with E-state index in [0.29, 0.717) is 12.6 Å². The van der Waals surface area contributed by atoms with Crippen LogP contribution in [-0.4, -0.2) is 12.4 Å². The van der Waals surface area contributed by atoms with E-state index in [1.54, 1.807) is 0 Å². The number of thioether (sulfide) groups is 1. The van der Waals surface area contributed by atoms with E-state index in [1.165, 1.54) is 21.7 Å². The van der Waals surface area contributed by atoms with Crippen molar-refractivity contribution < 1.29 is 4.74 Å². The lowest BCUT2D eigenvalue weighted by Gasteiger charge is -2.17. The van der Waals surface area contributed by atoms with Gasteiger partial charge in [-0.05, 0) is 49.2 Å². The monoisotopic (exact) mass is 285 g/mol. The summed E-state index contributed by atoms with van der Waals surface area (Å²) in [5.41, 5.74) is 3.83. The number of rotatable bonds is 4. The molecule has 0 aliphatic carbocycles. The van der Waals surface area contributed by atoms with Crippen molar-refractivity contribution in [1.82, 2.24) is 0 Å². The maximum absolute atomic E-state index is 5.54. The molecule has 20 heavy (non-hydrogen) atoms. The maximum atomic E-state index is 5.54. The fourth-order valence-electron chi connectivity index (χ4n) is 2.52. The third kappa shape index (κ3) is 2.63. The molecule has 1 aliphatic heterocycles. The molecule has 1 aliphatic rings. The van der Waals surface area contributed by atoms with Gasteiger partial charge >= 0.3 is 0 Å². The SMILES string of the molecule is CCOc1ccc(NC2CSc3ccccc32)c(C)c1. The summed E-state index contributed by atoms with van der Waals surface area (Å²) in [6.07, 6.45) is 0. The summed E-state index contributed by atoms with van der Waals surface area (Å²) in [5.74, 6) is 2.03. The van der Waals surface area contributed by atoms with Gasteiger partial charge in [0.15, 0.2) is 0 Å². The predicted molar refractivity (Wildman–Crippen MR) is 85.9 cm³/mol. The van der Waals surface area contributed by atoms with Gasteiger partial charge in [-0.2, -0.15) is 0 Å². The molecule has 0 spiro atoms. The fraction of sp³-hybridized carbons (Fsp3) is 0.294. The molecule has 2 nitrogen and oxygen atoms in total. The summed E-state index contributed by atoms with van der Waals surface area (Å²) in [6.45, 7) is 4.84. The number of benzene rings is 2. The van der Waals surface area contributed by atoms with Gasteiger partial charge in [-0.1, -0.05) is 18.2 Å². The molecule has 0 fully saturated rings. The van der Waals surface area contributed by atoms with Crippen LogP contribution in [-0.2, 0) is 0 Å². The Balaban J connectivity index is 1.79. The minimum atomic E-state index is 0.396. The molecular weight excluding hydrogens is 266 g/mol. The zero-order valence-electron chi connectivity index (χ0n) is 11.8. The highest BCUT2D eigenvalue weighted by Crippen LogP contribution is 2.40. The van der Waals surface area contributed by atoms with Crippen LogP contribution < -0.4 is 10.1 Å². The van der Waals surface area contributed by atoms with Crippen LogP contribution in [0.4, 0.5) is 5.69 Å². The third-order valence-electron chi connectivity index (χ3n) is 3.54. The van der Waals surface area contributed by atoms with Gasteiger partial charge in [-0.25, -0.2) is 0 Å². The van der Waals surface area contributed by atoms with Crippen LogP contribution in [0.1, 0.15) is 24.1 Å². The Morgan fingerprint density at radius 1 is 1.25 bits per heavy atom. The van der Waals surface area contributed by atoms with Crippen LogP contribution in [0.15, 0.2) is 47.4 Å². The Bertz CT molecular complexity index is 612. The van der Waals surface area contributed by atoms with Crippen LogP contribution in [0.2, 0.25) is 0 Å². The summed E-state index contributed by atoms with van der Waals surface area (Å²) in [5, 5.41) is 3.66. The Morgan fingerprint density at radius 2 is 2.10 bits per heavy atom. The standard InChI is InChI=1S/C17H19NOS/c1-3-19-13-8-9-15(12(2)10-13)18-16-11-20-17-7-5-4-6-14(16)17/h4-10,16,18H,3,11H2,1-2H3. The van der Waals surface area contributed by atoms with Gasteiger partial charge in [0.1, 0.15) is 5.75 Å². The number of aryl methyl sites for hydroxylation is 1. The van der Waals surface area contributed by atoms with Gasteiger partial charge in [-0.15, -0.1) is 11.8 Å². The minimum Gasteiger partial charge on any atom is -0.494 e. The first-order chi connectivity index (χ1) is 9.78. The Labute approximate surface area is 124 Å². The number of ether oxygens (including phenoxy) is 1. The highest BCUT2D eigenvalue weighted by molar-refractivity contribution is 7.99. The largest absolute Gasteiger partial charge is 0.494 e. The van der Waals surface area contributed by atoms with Gasteiger partial charge in [0.05, 0.1) is 12.6 Å². The molecule has 104 valence electrons. The number of fused-ring (bicyclic) bond motifs is 1. The topological polar surface area (TPSA) is 21.3 Å². The van der Waals surface area contributed by atoms with Crippen molar-refractivity contribution in [3.63, 3.8) is 0 Å². The van der Waals surface area contributed by atoms with E-state index in [1.807, 2.05) is 24.8 Å². The molecule has 3 heteroatoms. The number of anilines is 1. The molecule has 2 aromatic rings. The molecule has 0 radical (unpaired) electrons. The van der Waals surface area contributed by atoms with Gasteiger partial charge in [0.25, 0.3) is 0 Å². The first-order valence-corrected chi connectivity index (χ1v) is 7.98. The van der Waals surface area contributed by atoms with Gasteiger partial charge in [-0.3, -0.25) is 0 Å². The van der Waals surface area contributed by atoms with Gasteiger partial charge < -0.3 is 10.1 Å². The van der Waals surface area contributed by atoms with Gasteiger partial charge in [0.2, 0.25) is 0 Å². The van der Waals surface area contributed by atoms with Crippen LogP contribution >= 0.6 is 11.8 Å². The van der Waals surface area contributed by atoms with Crippen molar-refractivity contribution in [2.24, 2.45) is 0 Å². The molecular formula is C17H19NOS. The number of hydrogen-bond donors (Lipinski definition) is 1. The van der Waals surface area contributed by atoms with Crippen molar-refractivity contribution >= 4 is 17.4 Å². The van der Waals surface area contributed by atoms with E-state index in [0.717, 1.165) is 11.5 Å². The van der Waals surface area contributed by atoms with E-state index < -0.39 is 0 Å². The van der Waals surface area contributed by atoms with E-state index in [9.17, 15) is 0 Å². The number of hydrogen-bond acceptors (Lipinski definition) is 3. The van der Waals surface area contributed by atoms with Crippen LogP contribution in [0, 0.1) is 6.92 Å². The molecule has 0 bridgehead atoms. The normalized spacial score (nSPS) is 16.8. The summed E-state index contributed by atoms with van der Waals surface area (Å²) < 4.78 is 5.54. The average Bonchev–Trinajstić information content (AvgIpc) is 2.86. The van der Waals surface area contributed by atoms with E-state index in [2.05, 4.69) is 48.6 Å². The van der Waals surface area contributed by atoms with Crippen molar-refractivity contribution in [1.29, 1.82) is 0 Å². The second-order valence-electron chi connectivity index (χ2n) is 4.96. The molecule has 0 aromatic heterocycles. The van der Waals surface area contributed by atoms with Crippen LogP contribution in [0.3, 0.4) is 0 Å². The molecule has 3 rings (SSSR count). The highest BCUT2D eigenvalue weighted by Gasteiger charge is 2.22. The minimum absolute atomic E-state index is 0.396. The quantitative estimate of drug-likeness (QED) is 0.883. The summed E-state index contributed by atoms with van der Waals surface area (Å²) in [4.78, 5) is 1.40. The van der Waals surface area contributed by atoms with Crippen LogP contribution in [0.25, 0.3) is 0 Å². The number of nitrogens with one attached hydrogen (secondary N) is 1. The lowest BCUT2D eigenvalue weighted by Crippen LogP contribution is -2.10. The average molecular weight is 285 g/mol. The second-order valence-corrected chi connectivity index (χ2v) is 6.02. The first kappa shape index (κ1) is 13.4. The van der Waals surface area contributed by atoms with Crippen molar-refractivity contribution in [3.8, 4) is 5.75 Å².